The standard InChI is InChI=1S/C16H19ClN2/c17-14-7-3-8-16(13(14)11-18)19-10-4-9-15(19)12-5-1-2-6-12/h3,7-8,12,15H,1-2,4-6,9-10H2. The molecule has 2 nitrogen and oxygen atoms in total. The van der Waals surface area contributed by atoms with Crippen molar-refractivity contribution < 1.29 is 0 Å². The largest absolute Gasteiger partial charge is 0.367 e. The third-order valence-electron chi connectivity index (χ3n) is 4.66. The quantitative estimate of drug-likeness (QED) is 0.801. The second kappa shape index (κ2) is 5.43. The summed E-state index contributed by atoms with van der Waals surface area (Å²) in [5.74, 6) is 0.813. The molecule has 2 fully saturated rings. The third-order valence-corrected chi connectivity index (χ3v) is 4.97. The van der Waals surface area contributed by atoms with Gasteiger partial charge in [-0.25, -0.2) is 0 Å². The molecule has 0 spiro atoms. The molecular weight excluding hydrogens is 256 g/mol. The molecule has 1 saturated carbocycles. The van der Waals surface area contributed by atoms with Crippen LogP contribution in [0.3, 0.4) is 0 Å². The van der Waals surface area contributed by atoms with Crippen LogP contribution in [0.2, 0.25) is 5.02 Å². The maximum Gasteiger partial charge on any atom is 0.103 e. The Morgan fingerprint density at radius 2 is 1.95 bits per heavy atom. The van der Waals surface area contributed by atoms with Crippen LogP contribution in [0.25, 0.3) is 0 Å². The fourth-order valence-electron chi connectivity index (χ4n) is 3.79. The number of hydrogen-bond donors (Lipinski definition) is 0. The number of halogens is 1. The molecule has 3 rings (SSSR count). The first-order valence-corrected chi connectivity index (χ1v) is 7.64. The van der Waals surface area contributed by atoms with Gasteiger partial charge in [-0.3, -0.25) is 0 Å². The van der Waals surface area contributed by atoms with Gasteiger partial charge in [-0.1, -0.05) is 30.5 Å². The Morgan fingerprint density at radius 1 is 1.16 bits per heavy atom. The van der Waals surface area contributed by atoms with Gasteiger partial charge in [0, 0.05) is 12.6 Å². The zero-order valence-corrected chi connectivity index (χ0v) is 11.9. The minimum atomic E-state index is 0.581. The van der Waals surface area contributed by atoms with E-state index in [1.807, 2.05) is 12.1 Å². The highest BCUT2D eigenvalue weighted by molar-refractivity contribution is 6.32. The van der Waals surface area contributed by atoms with Crippen molar-refractivity contribution in [1.82, 2.24) is 0 Å². The molecule has 0 N–H and O–H groups in total. The maximum atomic E-state index is 9.35. The van der Waals surface area contributed by atoms with Crippen LogP contribution in [0.4, 0.5) is 5.69 Å². The lowest BCUT2D eigenvalue weighted by Gasteiger charge is -2.32. The summed E-state index contributed by atoms with van der Waals surface area (Å²) in [5, 5.41) is 9.93. The molecule has 0 amide bonds. The second-order valence-electron chi connectivity index (χ2n) is 5.69. The van der Waals surface area contributed by atoms with Crippen LogP contribution in [-0.2, 0) is 0 Å². The van der Waals surface area contributed by atoms with Gasteiger partial charge < -0.3 is 4.90 Å². The lowest BCUT2D eigenvalue weighted by Crippen LogP contribution is -2.35. The van der Waals surface area contributed by atoms with Crippen LogP contribution in [0.5, 0.6) is 0 Å². The average Bonchev–Trinajstić information content (AvgIpc) is 3.09. The van der Waals surface area contributed by atoms with Gasteiger partial charge >= 0.3 is 0 Å². The van der Waals surface area contributed by atoms with Gasteiger partial charge in [-0.15, -0.1) is 0 Å². The third kappa shape index (κ3) is 2.32. The van der Waals surface area contributed by atoms with Gasteiger partial charge in [0.2, 0.25) is 0 Å². The summed E-state index contributed by atoms with van der Waals surface area (Å²) in [7, 11) is 0. The van der Waals surface area contributed by atoms with Crippen LogP contribution in [0, 0.1) is 17.2 Å². The molecule has 0 bridgehead atoms. The molecule has 0 radical (unpaired) electrons. The highest BCUT2D eigenvalue weighted by atomic mass is 35.5. The number of benzene rings is 1. The summed E-state index contributed by atoms with van der Waals surface area (Å²) < 4.78 is 0. The first-order chi connectivity index (χ1) is 9.31. The Labute approximate surface area is 120 Å². The first kappa shape index (κ1) is 12.8. The van der Waals surface area contributed by atoms with Crippen molar-refractivity contribution in [2.75, 3.05) is 11.4 Å². The van der Waals surface area contributed by atoms with E-state index in [2.05, 4.69) is 17.0 Å². The van der Waals surface area contributed by atoms with E-state index in [9.17, 15) is 5.26 Å². The number of rotatable bonds is 2. The normalized spacial score (nSPS) is 23.8. The molecule has 1 heterocycles. The number of nitrogens with zero attached hydrogens (tertiary/aromatic N) is 2. The van der Waals surface area contributed by atoms with Crippen LogP contribution >= 0.6 is 11.6 Å². The van der Waals surface area contributed by atoms with Crippen molar-refractivity contribution in [2.45, 2.75) is 44.6 Å². The fourth-order valence-corrected chi connectivity index (χ4v) is 4.00. The first-order valence-electron chi connectivity index (χ1n) is 7.26. The Balaban J connectivity index is 1.92. The van der Waals surface area contributed by atoms with Crippen molar-refractivity contribution >= 4 is 17.3 Å². The molecule has 1 aliphatic carbocycles. The van der Waals surface area contributed by atoms with E-state index in [0.717, 1.165) is 18.2 Å². The monoisotopic (exact) mass is 274 g/mol. The molecule has 1 saturated heterocycles. The summed E-state index contributed by atoms with van der Waals surface area (Å²) in [6, 6.07) is 8.72. The van der Waals surface area contributed by atoms with E-state index < -0.39 is 0 Å². The maximum absolute atomic E-state index is 9.35. The van der Waals surface area contributed by atoms with E-state index in [0.29, 0.717) is 16.6 Å². The number of anilines is 1. The van der Waals surface area contributed by atoms with Gasteiger partial charge in [0.15, 0.2) is 0 Å². The molecule has 1 aromatic rings. The smallest absolute Gasteiger partial charge is 0.103 e. The number of hydrogen-bond acceptors (Lipinski definition) is 2. The molecule has 100 valence electrons. The average molecular weight is 275 g/mol. The molecule has 2 aliphatic rings. The van der Waals surface area contributed by atoms with E-state index in [-0.39, 0.29) is 0 Å². The summed E-state index contributed by atoms with van der Waals surface area (Å²) in [5.41, 5.74) is 1.69. The molecule has 1 aliphatic heterocycles. The van der Waals surface area contributed by atoms with Crippen LogP contribution in [0.1, 0.15) is 44.1 Å². The summed E-state index contributed by atoms with van der Waals surface area (Å²) in [6.07, 6.45) is 7.94. The van der Waals surface area contributed by atoms with Crippen molar-refractivity contribution in [3.05, 3.63) is 28.8 Å². The Hall–Kier alpha value is -1.20. The molecule has 0 aromatic heterocycles. The summed E-state index contributed by atoms with van der Waals surface area (Å²) in [4.78, 5) is 2.44. The second-order valence-corrected chi connectivity index (χ2v) is 6.10. The molecule has 1 atom stereocenters. The predicted molar refractivity (Wildman–Crippen MR) is 78.5 cm³/mol. The topological polar surface area (TPSA) is 27.0 Å². The van der Waals surface area contributed by atoms with Crippen molar-refractivity contribution in [3.63, 3.8) is 0 Å². The van der Waals surface area contributed by atoms with Crippen molar-refractivity contribution in [2.24, 2.45) is 5.92 Å². The molecule has 1 aromatic carbocycles. The highest BCUT2D eigenvalue weighted by Crippen LogP contribution is 2.39. The summed E-state index contributed by atoms with van der Waals surface area (Å²) >= 11 is 6.17. The minimum Gasteiger partial charge on any atom is -0.367 e. The minimum absolute atomic E-state index is 0.581. The summed E-state index contributed by atoms with van der Waals surface area (Å²) in [6.45, 7) is 1.07. The zero-order valence-electron chi connectivity index (χ0n) is 11.1. The molecular formula is C16H19ClN2. The fraction of sp³-hybridized carbons (Fsp3) is 0.562. The Bertz CT molecular complexity index is 500. The van der Waals surface area contributed by atoms with Gasteiger partial charge in [0.05, 0.1) is 16.3 Å². The van der Waals surface area contributed by atoms with Gasteiger partial charge in [0.1, 0.15) is 6.07 Å². The lowest BCUT2D eigenvalue weighted by atomic mass is 9.95. The Kier molecular flexibility index (Phi) is 3.66. The zero-order chi connectivity index (χ0) is 13.2. The van der Waals surface area contributed by atoms with E-state index in [1.54, 1.807) is 0 Å². The van der Waals surface area contributed by atoms with E-state index >= 15 is 0 Å². The SMILES string of the molecule is N#Cc1c(Cl)cccc1N1CCCC1C1CCCC1. The van der Waals surface area contributed by atoms with E-state index in [4.69, 9.17) is 11.6 Å². The predicted octanol–water partition coefficient (Wildman–Crippen LogP) is 4.37. The van der Waals surface area contributed by atoms with Crippen LogP contribution in [0.15, 0.2) is 18.2 Å². The van der Waals surface area contributed by atoms with Crippen LogP contribution in [-0.4, -0.2) is 12.6 Å². The molecule has 3 heteroatoms. The van der Waals surface area contributed by atoms with Gasteiger partial charge in [-0.2, -0.15) is 5.26 Å². The van der Waals surface area contributed by atoms with E-state index in [1.165, 1.54) is 38.5 Å². The molecule has 19 heavy (non-hydrogen) atoms. The molecule has 1 unspecified atom stereocenters. The van der Waals surface area contributed by atoms with Gasteiger partial charge in [0.25, 0.3) is 0 Å². The lowest BCUT2D eigenvalue weighted by molar-refractivity contribution is 0.430. The van der Waals surface area contributed by atoms with Crippen LogP contribution < -0.4 is 4.90 Å². The van der Waals surface area contributed by atoms with Gasteiger partial charge in [-0.05, 0) is 43.7 Å². The highest BCUT2D eigenvalue weighted by Gasteiger charge is 2.34. The number of nitriles is 1. The van der Waals surface area contributed by atoms with Crippen molar-refractivity contribution in [3.8, 4) is 6.07 Å². The van der Waals surface area contributed by atoms with Crippen molar-refractivity contribution in [1.29, 1.82) is 5.26 Å². The Morgan fingerprint density at radius 3 is 2.68 bits per heavy atom.